The lowest BCUT2D eigenvalue weighted by Gasteiger charge is -2.35. The highest BCUT2D eigenvalue weighted by Gasteiger charge is 2.24. The number of rotatable bonds is 5. The fourth-order valence-corrected chi connectivity index (χ4v) is 4.29. The smallest absolute Gasteiger partial charge is 0.222 e. The van der Waals surface area contributed by atoms with Crippen LogP contribution in [0.4, 0.5) is 5.82 Å². The van der Waals surface area contributed by atoms with E-state index in [4.69, 9.17) is 0 Å². The third-order valence-corrected chi connectivity index (χ3v) is 5.88. The van der Waals surface area contributed by atoms with Crippen LogP contribution in [0.15, 0.2) is 30.6 Å². The maximum absolute atomic E-state index is 12.5. The first-order chi connectivity index (χ1) is 13.2. The summed E-state index contributed by atoms with van der Waals surface area (Å²) in [7, 11) is 0. The number of hydrogen-bond donors (Lipinski definition) is 0. The number of aryl methyl sites for hydroxylation is 1. The fourth-order valence-electron chi connectivity index (χ4n) is 4.29. The van der Waals surface area contributed by atoms with Crippen molar-refractivity contribution in [3.63, 3.8) is 0 Å². The second kappa shape index (κ2) is 8.11. The Kier molecular flexibility index (Phi) is 5.41. The minimum atomic E-state index is 0.327. The van der Waals surface area contributed by atoms with E-state index in [2.05, 4.69) is 14.9 Å². The van der Waals surface area contributed by atoms with Gasteiger partial charge in [-0.25, -0.2) is 9.97 Å². The molecule has 0 atom stereocenters. The molecule has 3 heterocycles. The molecule has 4 rings (SSSR count). The Labute approximate surface area is 161 Å². The zero-order valence-electron chi connectivity index (χ0n) is 16.2. The molecule has 1 saturated carbocycles. The molecule has 0 unspecified atom stereocenters. The van der Waals surface area contributed by atoms with E-state index >= 15 is 0 Å². The number of carbonyl (C=O) groups is 1. The van der Waals surface area contributed by atoms with Gasteiger partial charge in [-0.05, 0) is 31.4 Å². The van der Waals surface area contributed by atoms with Gasteiger partial charge in [0.05, 0.1) is 0 Å². The van der Waals surface area contributed by atoms with E-state index in [0.717, 1.165) is 62.4 Å². The van der Waals surface area contributed by atoms with Gasteiger partial charge in [0.2, 0.25) is 5.91 Å². The summed E-state index contributed by atoms with van der Waals surface area (Å²) >= 11 is 0. The van der Waals surface area contributed by atoms with E-state index in [0.29, 0.717) is 5.91 Å². The van der Waals surface area contributed by atoms with Gasteiger partial charge in [-0.15, -0.1) is 0 Å². The summed E-state index contributed by atoms with van der Waals surface area (Å²) in [6, 6.07) is 6.02. The Balaban J connectivity index is 1.34. The largest absolute Gasteiger partial charge is 0.353 e. The van der Waals surface area contributed by atoms with Crippen molar-refractivity contribution in [2.45, 2.75) is 45.4 Å². The molecule has 0 radical (unpaired) electrons. The zero-order valence-corrected chi connectivity index (χ0v) is 16.2. The molecular weight excluding hydrogens is 338 g/mol. The first kappa shape index (κ1) is 18.0. The lowest BCUT2D eigenvalue weighted by molar-refractivity contribution is -0.131. The molecule has 0 N–H and O–H groups in total. The highest BCUT2D eigenvalue weighted by Crippen LogP contribution is 2.28. The molecule has 2 aliphatic rings. The number of piperazine rings is 1. The molecule has 6 nitrogen and oxygen atoms in total. The Hall–Kier alpha value is -2.37. The molecule has 0 aromatic carbocycles. The molecule has 1 amide bonds. The predicted molar refractivity (Wildman–Crippen MR) is 106 cm³/mol. The van der Waals surface area contributed by atoms with Gasteiger partial charge in [0.25, 0.3) is 0 Å². The first-order valence-electron chi connectivity index (χ1n) is 10.2. The van der Waals surface area contributed by atoms with Crippen LogP contribution in [0.3, 0.4) is 0 Å². The van der Waals surface area contributed by atoms with Crippen LogP contribution < -0.4 is 4.90 Å². The summed E-state index contributed by atoms with van der Waals surface area (Å²) in [5, 5.41) is 0. The minimum Gasteiger partial charge on any atom is -0.353 e. The number of amides is 1. The van der Waals surface area contributed by atoms with Crippen molar-refractivity contribution in [1.29, 1.82) is 0 Å². The number of carbonyl (C=O) groups excluding carboxylic acids is 1. The van der Waals surface area contributed by atoms with Crippen LogP contribution in [0, 0.1) is 12.8 Å². The van der Waals surface area contributed by atoms with Crippen LogP contribution in [0.25, 0.3) is 5.82 Å². The summed E-state index contributed by atoms with van der Waals surface area (Å²) in [6.07, 6.45) is 11.1. The van der Waals surface area contributed by atoms with Gasteiger partial charge in [0, 0.05) is 51.1 Å². The normalized spacial score (nSPS) is 18.3. The van der Waals surface area contributed by atoms with Crippen molar-refractivity contribution in [3.05, 3.63) is 36.4 Å². The summed E-state index contributed by atoms with van der Waals surface area (Å²) < 4.78 is 2.00. The fraction of sp³-hybridized carbons (Fsp3) is 0.571. The Bertz CT molecular complexity index is 759. The third kappa shape index (κ3) is 4.31. The third-order valence-electron chi connectivity index (χ3n) is 5.88. The Morgan fingerprint density at radius 3 is 2.41 bits per heavy atom. The van der Waals surface area contributed by atoms with Gasteiger partial charge in [-0.2, -0.15) is 0 Å². The molecule has 27 heavy (non-hydrogen) atoms. The van der Waals surface area contributed by atoms with E-state index in [1.807, 2.05) is 47.0 Å². The van der Waals surface area contributed by atoms with E-state index < -0.39 is 0 Å². The van der Waals surface area contributed by atoms with Gasteiger partial charge in [0.15, 0.2) is 0 Å². The van der Waals surface area contributed by atoms with Gasteiger partial charge in [-0.3, -0.25) is 4.79 Å². The molecule has 1 aliphatic heterocycles. The second-order valence-electron chi connectivity index (χ2n) is 7.78. The maximum Gasteiger partial charge on any atom is 0.222 e. The first-order valence-corrected chi connectivity index (χ1v) is 10.2. The van der Waals surface area contributed by atoms with Crippen LogP contribution in [0.5, 0.6) is 0 Å². The highest BCUT2D eigenvalue weighted by molar-refractivity contribution is 5.76. The SMILES string of the molecule is Cc1nc(N2CCN(C(=O)CCC3CCCC3)CC2)cc(-n2cccc2)n1. The molecule has 2 aromatic heterocycles. The van der Waals surface area contributed by atoms with Crippen molar-refractivity contribution >= 4 is 11.7 Å². The van der Waals surface area contributed by atoms with Crippen LogP contribution in [-0.4, -0.2) is 51.5 Å². The van der Waals surface area contributed by atoms with Crippen molar-refractivity contribution in [3.8, 4) is 5.82 Å². The monoisotopic (exact) mass is 367 g/mol. The molecule has 1 aliphatic carbocycles. The van der Waals surface area contributed by atoms with Crippen molar-refractivity contribution < 1.29 is 4.79 Å². The zero-order chi connectivity index (χ0) is 18.6. The molecule has 144 valence electrons. The van der Waals surface area contributed by atoms with E-state index in [9.17, 15) is 4.79 Å². The molecule has 2 aromatic rings. The molecule has 1 saturated heterocycles. The van der Waals surface area contributed by atoms with Gasteiger partial charge in [0.1, 0.15) is 17.5 Å². The van der Waals surface area contributed by atoms with Crippen LogP contribution >= 0.6 is 0 Å². The summed E-state index contributed by atoms with van der Waals surface area (Å²) in [5.74, 6) is 3.72. The minimum absolute atomic E-state index is 0.327. The molecule has 0 spiro atoms. The molecule has 2 fully saturated rings. The van der Waals surface area contributed by atoms with E-state index in [1.54, 1.807) is 0 Å². The van der Waals surface area contributed by atoms with E-state index in [1.165, 1.54) is 25.7 Å². The molecule has 6 heteroatoms. The lowest BCUT2D eigenvalue weighted by atomic mass is 10.0. The standard InChI is InChI=1S/C21H29N5O/c1-17-22-19(24-10-4-5-11-24)16-20(23-17)25-12-14-26(15-13-25)21(27)9-8-18-6-2-3-7-18/h4-5,10-11,16,18H,2-3,6-9,12-15H2,1H3. The highest BCUT2D eigenvalue weighted by atomic mass is 16.2. The quantitative estimate of drug-likeness (QED) is 0.814. The van der Waals surface area contributed by atoms with Gasteiger partial charge < -0.3 is 14.4 Å². The number of aromatic nitrogens is 3. The second-order valence-corrected chi connectivity index (χ2v) is 7.78. The Morgan fingerprint density at radius 2 is 1.70 bits per heavy atom. The number of anilines is 1. The number of hydrogen-bond acceptors (Lipinski definition) is 4. The van der Waals surface area contributed by atoms with Crippen molar-refractivity contribution in [2.24, 2.45) is 5.92 Å². The van der Waals surface area contributed by atoms with Gasteiger partial charge >= 0.3 is 0 Å². The summed E-state index contributed by atoms with van der Waals surface area (Å²) in [4.78, 5) is 26.0. The summed E-state index contributed by atoms with van der Waals surface area (Å²) in [6.45, 7) is 5.16. The van der Waals surface area contributed by atoms with Crippen LogP contribution in [-0.2, 0) is 4.79 Å². The van der Waals surface area contributed by atoms with Crippen molar-refractivity contribution in [1.82, 2.24) is 19.4 Å². The van der Waals surface area contributed by atoms with Crippen LogP contribution in [0.2, 0.25) is 0 Å². The van der Waals surface area contributed by atoms with Crippen molar-refractivity contribution in [2.75, 3.05) is 31.1 Å². The average Bonchev–Trinajstić information content (AvgIpc) is 3.39. The van der Waals surface area contributed by atoms with Gasteiger partial charge in [-0.1, -0.05) is 25.7 Å². The predicted octanol–water partition coefficient (Wildman–Crippen LogP) is 3.19. The summed E-state index contributed by atoms with van der Waals surface area (Å²) in [5.41, 5.74) is 0. The average molecular weight is 367 g/mol. The molecular formula is C21H29N5O. The van der Waals surface area contributed by atoms with E-state index in [-0.39, 0.29) is 0 Å². The number of nitrogens with zero attached hydrogens (tertiary/aromatic N) is 5. The Morgan fingerprint density at radius 1 is 1.04 bits per heavy atom. The lowest BCUT2D eigenvalue weighted by Crippen LogP contribution is -2.49. The topological polar surface area (TPSA) is 54.3 Å². The van der Waals surface area contributed by atoms with Crippen LogP contribution in [0.1, 0.15) is 44.3 Å². The molecule has 0 bridgehead atoms. The maximum atomic E-state index is 12.5.